The number of hydrogen-bond donors (Lipinski definition) is 2. The number of aromatic amines is 2. The fraction of sp³-hybridized carbons (Fsp3) is 0.259. The van der Waals surface area contributed by atoms with Gasteiger partial charge in [-0.1, -0.05) is 55.5 Å². The topological polar surface area (TPSA) is 102 Å². The highest BCUT2D eigenvalue weighted by Crippen LogP contribution is 2.44. The maximum atomic E-state index is 6.04. The number of hydrogen-bond acceptors (Lipinski definition) is 6. The maximum absolute atomic E-state index is 6.04. The van der Waals surface area contributed by atoms with Crippen LogP contribution in [0.25, 0.3) is 39.7 Å². The highest BCUT2D eigenvalue weighted by molar-refractivity contribution is 5.73. The van der Waals surface area contributed by atoms with Gasteiger partial charge in [0.2, 0.25) is 0 Å². The van der Waals surface area contributed by atoms with Gasteiger partial charge in [0.15, 0.2) is 23.3 Å². The molecule has 1 fully saturated rings. The second-order valence-electron chi connectivity index (χ2n) is 9.48. The first-order valence-electron chi connectivity index (χ1n) is 11.9. The molecule has 2 aromatic carbocycles. The van der Waals surface area contributed by atoms with Gasteiger partial charge in [-0.2, -0.15) is 10.2 Å². The lowest BCUT2D eigenvalue weighted by molar-refractivity contribution is 0.119. The number of para-hydroxylation sites is 1. The minimum atomic E-state index is -0.0161. The zero-order valence-electron chi connectivity index (χ0n) is 19.3. The molecule has 2 aliphatic heterocycles. The summed E-state index contributed by atoms with van der Waals surface area (Å²) in [6.07, 6.45) is 8.28. The third kappa shape index (κ3) is 3.32. The minimum absolute atomic E-state index is 0.00195. The van der Waals surface area contributed by atoms with Gasteiger partial charge in [-0.3, -0.25) is 10.2 Å². The van der Waals surface area contributed by atoms with Crippen LogP contribution >= 0.6 is 0 Å². The summed E-state index contributed by atoms with van der Waals surface area (Å²) in [6, 6.07) is 14.1. The summed E-state index contributed by atoms with van der Waals surface area (Å²) >= 11 is 0. The summed E-state index contributed by atoms with van der Waals surface area (Å²) in [5, 5.41) is 15.2. The van der Waals surface area contributed by atoms with Gasteiger partial charge in [-0.25, -0.2) is 9.97 Å². The molecule has 0 saturated carbocycles. The molecule has 2 N–H and O–H groups in total. The van der Waals surface area contributed by atoms with E-state index in [9.17, 15) is 0 Å². The van der Waals surface area contributed by atoms with Gasteiger partial charge >= 0.3 is 0 Å². The summed E-state index contributed by atoms with van der Waals surface area (Å²) in [6.45, 7) is 3.68. The van der Waals surface area contributed by atoms with Crippen molar-refractivity contribution in [1.29, 1.82) is 0 Å². The molecule has 2 unspecified atom stereocenters. The van der Waals surface area contributed by atoms with Crippen molar-refractivity contribution in [3.63, 3.8) is 0 Å². The van der Waals surface area contributed by atoms with E-state index in [1.54, 1.807) is 0 Å². The first-order chi connectivity index (χ1) is 17.2. The standard InChI is InChI=1S/C27H24N6O2/c1-27-11-4-9-20(22(27)35-14-12-27)26-29-24(31-33-26)18-7-2-6-17(15-18)23-28-25(32-30-23)19-8-3-5-16-10-13-34-21(16)19/h2-9,11,15,22H,10,12-14H2,1H3,(H,28,30,32)(H,29,31,33). The number of aromatic nitrogens is 6. The van der Waals surface area contributed by atoms with E-state index in [4.69, 9.17) is 19.4 Å². The third-order valence-corrected chi connectivity index (χ3v) is 7.15. The lowest BCUT2D eigenvalue weighted by Crippen LogP contribution is -2.29. The number of H-pyrrole nitrogens is 2. The molecule has 1 aliphatic carbocycles. The van der Waals surface area contributed by atoms with Crippen LogP contribution in [0.3, 0.4) is 0 Å². The van der Waals surface area contributed by atoms with Gasteiger partial charge in [-0.15, -0.1) is 0 Å². The summed E-state index contributed by atoms with van der Waals surface area (Å²) in [5.41, 5.74) is 4.96. The Labute approximate surface area is 202 Å². The zero-order valence-corrected chi connectivity index (χ0v) is 19.3. The molecule has 35 heavy (non-hydrogen) atoms. The van der Waals surface area contributed by atoms with E-state index >= 15 is 0 Å². The Bertz CT molecular complexity index is 1500. The van der Waals surface area contributed by atoms with Crippen molar-refractivity contribution >= 4 is 5.57 Å². The Hall–Kier alpha value is -4.04. The second kappa shape index (κ2) is 7.74. The van der Waals surface area contributed by atoms with Crippen molar-refractivity contribution in [2.24, 2.45) is 5.41 Å². The fourth-order valence-electron chi connectivity index (χ4n) is 5.22. The Kier molecular flexibility index (Phi) is 4.50. The molecular weight excluding hydrogens is 440 g/mol. The summed E-state index contributed by atoms with van der Waals surface area (Å²) < 4.78 is 11.9. The molecule has 4 aromatic rings. The Balaban J connectivity index is 1.19. The average molecular weight is 465 g/mol. The molecule has 174 valence electrons. The number of rotatable bonds is 4. The molecule has 1 saturated heterocycles. The Morgan fingerprint density at radius 2 is 1.77 bits per heavy atom. The van der Waals surface area contributed by atoms with E-state index in [0.717, 1.165) is 47.5 Å². The first kappa shape index (κ1) is 20.3. The molecule has 8 heteroatoms. The van der Waals surface area contributed by atoms with Gasteiger partial charge in [0.25, 0.3) is 0 Å². The van der Waals surface area contributed by atoms with Crippen LogP contribution in [-0.4, -0.2) is 49.7 Å². The molecule has 0 bridgehead atoms. The number of ether oxygens (including phenoxy) is 2. The highest BCUT2D eigenvalue weighted by atomic mass is 16.5. The Morgan fingerprint density at radius 1 is 0.943 bits per heavy atom. The predicted molar refractivity (Wildman–Crippen MR) is 131 cm³/mol. The van der Waals surface area contributed by atoms with Crippen molar-refractivity contribution in [3.05, 3.63) is 72.1 Å². The molecular formula is C27H24N6O2. The second-order valence-corrected chi connectivity index (χ2v) is 9.48. The number of fused-ring (bicyclic) bond motifs is 2. The summed E-state index contributed by atoms with van der Waals surface area (Å²) in [4.78, 5) is 9.57. The molecule has 8 nitrogen and oxygen atoms in total. The van der Waals surface area contributed by atoms with Gasteiger partial charge in [-0.05, 0) is 24.1 Å². The van der Waals surface area contributed by atoms with Crippen LogP contribution < -0.4 is 4.74 Å². The lowest BCUT2D eigenvalue weighted by atomic mass is 9.77. The normalized spacial score (nSPS) is 22.5. The van der Waals surface area contributed by atoms with Crippen molar-refractivity contribution in [2.75, 3.05) is 13.2 Å². The fourth-order valence-corrected chi connectivity index (χ4v) is 5.22. The van der Waals surface area contributed by atoms with Crippen LogP contribution in [0.5, 0.6) is 5.75 Å². The van der Waals surface area contributed by atoms with Crippen LogP contribution in [0.2, 0.25) is 0 Å². The molecule has 2 atom stereocenters. The SMILES string of the molecule is CC12C=CC=C(c3n[nH]c(-c4cccc(-c5n[nH]c(-c6cccc7c6OCC7)n5)c4)n3)C1OCC2. The smallest absolute Gasteiger partial charge is 0.181 e. The lowest BCUT2D eigenvalue weighted by Gasteiger charge is -2.30. The van der Waals surface area contributed by atoms with Crippen LogP contribution in [0.4, 0.5) is 0 Å². The van der Waals surface area contributed by atoms with Crippen molar-refractivity contribution in [3.8, 4) is 39.9 Å². The third-order valence-electron chi connectivity index (χ3n) is 7.15. The van der Waals surface area contributed by atoms with E-state index in [2.05, 4.69) is 51.6 Å². The summed E-state index contributed by atoms with van der Waals surface area (Å²) in [5.74, 6) is 3.58. The van der Waals surface area contributed by atoms with E-state index in [1.807, 2.05) is 36.4 Å². The van der Waals surface area contributed by atoms with Gasteiger partial charge in [0, 0.05) is 35.1 Å². The molecule has 0 spiro atoms. The van der Waals surface area contributed by atoms with Crippen LogP contribution in [0.15, 0.2) is 60.7 Å². The number of allylic oxidation sites excluding steroid dienone is 2. The van der Waals surface area contributed by atoms with Crippen LogP contribution in [0, 0.1) is 5.41 Å². The van der Waals surface area contributed by atoms with Crippen LogP contribution in [0.1, 0.15) is 24.7 Å². The molecule has 3 aliphatic rings. The molecule has 0 amide bonds. The monoisotopic (exact) mass is 464 g/mol. The van der Waals surface area contributed by atoms with Crippen molar-refractivity contribution in [2.45, 2.75) is 25.9 Å². The number of benzene rings is 2. The molecule has 2 aromatic heterocycles. The van der Waals surface area contributed by atoms with E-state index < -0.39 is 0 Å². The minimum Gasteiger partial charge on any atom is -0.492 e. The quantitative estimate of drug-likeness (QED) is 0.457. The number of nitrogens with one attached hydrogen (secondary N) is 2. The molecule has 0 radical (unpaired) electrons. The Morgan fingerprint density at radius 3 is 2.74 bits per heavy atom. The maximum Gasteiger partial charge on any atom is 0.181 e. The van der Waals surface area contributed by atoms with Crippen molar-refractivity contribution in [1.82, 2.24) is 30.4 Å². The van der Waals surface area contributed by atoms with Crippen LogP contribution in [-0.2, 0) is 11.2 Å². The molecule has 4 heterocycles. The largest absolute Gasteiger partial charge is 0.492 e. The number of nitrogens with zero attached hydrogens (tertiary/aromatic N) is 4. The predicted octanol–water partition coefficient (Wildman–Crippen LogP) is 4.61. The highest BCUT2D eigenvalue weighted by Gasteiger charge is 2.42. The van der Waals surface area contributed by atoms with Gasteiger partial charge in [0.1, 0.15) is 5.75 Å². The average Bonchev–Trinajstić information content (AvgIpc) is 3.69. The van der Waals surface area contributed by atoms with E-state index in [-0.39, 0.29) is 11.5 Å². The zero-order chi connectivity index (χ0) is 23.4. The molecule has 7 rings (SSSR count). The van der Waals surface area contributed by atoms with Crippen molar-refractivity contribution < 1.29 is 9.47 Å². The van der Waals surface area contributed by atoms with Gasteiger partial charge in [0.05, 0.1) is 18.3 Å². The van der Waals surface area contributed by atoms with E-state index in [0.29, 0.717) is 29.9 Å². The van der Waals surface area contributed by atoms with Gasteiger partial charge < -0.3 is 9.47 Å². The van der Waals surface area contributed by atoms with E-state index in [1.165, 1.54) is 5.56 Å². The first-order valence-corrected chi connectivity index (χ1v) is 11.9. The summed E-state index contributed by atoms with van der Waals surface area (Å²) in [7, 11) is 0.